The summed E-state index contributed by atoms with van der Waals surface area (Å²) in [4.78, 5) is 13.2. The Labute approximate surface area is 116 Å². The van der Waals surface area contributed by atoms with E-state index in [2.05, 4.69) is 22.8 Å². The molecular formula is C15H16N2OS. The fraction of sp³-hybridized carbons (Fsp3) is 0.267. The van der Waals surface area contributed by atoms with E-state index in [1.165, 1.54) is 11.1 Å². The first kappa shape index (κ1) is 12.4. The molecule has 0 bridgehead atoms. The Hall–Kier alpha value is -1.65. The first-order valence-corrected chi connectivity index (χ1v) is 7.31. The summed E-state index contributed by atoms with van der Waals surface area (Å²) in [5.74, 6) is 0.0888. The smallest absolute Gasteiger partial charge is 0.225 e. The van der Waals surface area contributed by atoms with E-state index in [9.17, 15) is 4.79 Å². The molecule has 1 amide bonds. The Morgan fingerprint density at radius 1 is 1.32 bits per heavy atom. The van der Waals surface area contributed by atoms with E-state index in [-0.39, 0.29) is 11.9 Å². The molecule has 2 N–H and O–H groups in total. The van der Waals surface area contributed by atoms with Crippen LogP contribution in [0.15, 0.2) is 41.8 Å². The first-order chi connectivity index (χ1) is 9.33. The van der Waals surface area contributed by atoms with Crippen LogP contribution in [-0.2, 0) is 17.8 Å². The summed E-state index contributed by atoms with van der Waals surface area (Å²) in [6.45, 7) is 1.68. The zero-order valence-corrected chi connectivity index (χ0v) is 11.4. The van der Waals surface area contributed by atoms with Gasteiger partial charge in [-0.25, -0.2) is 0 Å². The van der Waals surface area contributed by atoms with Gasteiger partial charge in [0.1, 0.15) is 0 Å². The highest BCUT2D eigenvalue weighted by molar-refractivity contribution is 7.10. The summed E-state index contributed by atoms with van der Waals surface area (Å²) >= 11 is 1.62. The molecule has 19 heavy (non-hydrogen) atoms. The van der Waals surface area contributed by atoms with Crippen LogP contribution in [-0.4, -0.2) is 12.5 Å². The van der Waals surface area contributed by atoms with E-state index in [0.29, 0.717) is 6.42 Å². The van der Waals surface area contributed by atoms with Crippen LogP contribution in [0.25, 0.3) is 0 Å². The molecule has 98 valence electrons. The number of hydrogen-bond acceptors (Lipinski definition) is 3. The summed E-state index contributed by atoms with van der Waals surface area (Å²) < 4.78 is 0. The van der Waals surface area contributed by atoms with Gasteiger partial charge in [-0.15, -0.1) is 11.3 Å². The summed E-state index contributed by atoms with van der Waals surface area (Å²) in [5, 5.41) is 8.46. The van der Waals surface area contributed by atoms with Crippen molar-refractivity contribution in [1.29, 1.82) is 0 Å². The van der Waals surface area contributed by atoms with E-state index >= 15 is 0 Å². The second-order valence-corrected chi connectivity index (χ2v) is 5.74. The third kappa shape index (κ3) is 2.85. The molecule has 2 aromatic rings. The fourth-order valence-electron chi connectivity index (χ4n) is 2.44. The average molecular weight is 272 g/mol. The van der Waals surface area contributed by atoms with Crippen molar-refractivity contribution >= 4 is 17.2 Å². The second kappa shape index (κ2) is 5.55. The molecule has 3 rings (SSSR count). The summed E-state index contributed by atoms with van der Waals surface area (Å²) in [6, 6.07) is 12.3. The van der Waals surface area contributed by atoms with Crippen LogP contribution in [0.5, 0.6) is 0 Å². The van der Waals surface area contributed by atoms with Crippen LogP contribution < -0.4 is 10.6 Å². The van der Waals surface area contributed by atoms with Crippen molar-refractivity contribution in [3.8, 4) is 0 Å². The number of nitrogens with one attached hydrogen (secondary N) is 2. The number of hydrogen-bond donors (Lipinski definition) is 2. The van der Waals surface area contributed by atoms with Gasteiger partial charge >= 0.3 is 0 Å². The van der Waals surface area contributed by atoms with Crippen molar-refractivity contribution in [3.63, 3.8) is 0 Å². The summed E-state index contributed by atoms with van der Waals surface area (Å²) in [7, 11) is 0. The fourth-order valence-corrected chi connectivity index (χ4v) is 3.15. The number of amides is 1. The zero-order chi connectivity index (χ0) is 13.1. The zero-order valence-electron chi connectivity index (χ0n) is 10.6. The van der Waals surface area contributed by atoms with Gasteiger partial charge in [0.15, 0.2) is 0 Å². The Kier molecular flexibility index (Phi) is 3.62. The quantitative estimate of drug-likeness (QED) is 0.900. The van der Waals surface area contributed by atoms with E-state index in [1.807, 2.05) is 29.6 Å². The molecule has 1 aliphatic rings. The Bertz CT molecular complexity index is 565. The topological polar surface area (TPSA) is 41.1 Å². The highest BCUT2D eigenvalue weighted by atomic mass is 32.1. The van der Waals surface area contributed by atoms with Gasteiger partial charge in [-0.05, 0) is 22.6 Å². The molecule has 0 fully saturated rings. The van der Waals surface area contributed by atoms with Crippen LogP contribution in [0, 0.1) is 0 Å². The number of fused-ring (bicyclic) bond motifs is 1. The van der Waals surface area contributed by atoms with Crippen LogP contribution in [0.2, 0.25) is 0 Å². The molecular weight excluding hydrogens is 256 g/mol. The Morgan fingerprint density at radius 3 is 3.05 bits per heavy atom. The molecule has 1 unspecified atom stereocenters. The molecule has 0 aliphatic carbocycles. The van der Waals surface area contributed by atoms with E-state index < -0.39 is 0 Å². The van der Waals surface area contributed by atoms with Crippen LogP contribution in [0.4, 0.5) is 0 Å². The van der Waals surface area contributed by atoms with Crippen LogP contribution in [0.3, 0.4) is 0 Å². The Balaban J connectivity index is 1.69. The molecule has 1 aromatic heterocycles. The van der Waals surface area contributed by atoms with Gasteiger partial charge in [0.2, 0.25) is 5.91 Å². The molecule has 1 atom stereocenters. The maximum atomic E-state index is 12.1. The van der Waals surface area contributed by atoms with Crippen molar-refractivity contribution in [3.05, 3.63) is 57.8 Å². The van der Waals surface area contributed by atoms with Gasteiger partial charge in [-0.3, -0.25) is 4.79 Å². The molecule has 1 aromatic carbocycles. The molecule has 3 nitrogen and oxygen atoms in total. The highest BCUT2D eigenvalue weighted by Crippen LogP contribution is 2.21. The van der Waals surface area contributed by atoms with E-state index in [1.54, 1.807) is 11.3 Å². The van der Waals surface area contributed by atoms with Gasteiger partial charge in [-0.1, -0.05) is 30.3 Å². The van der Waals surface area contributed by atoms with Crippen molar-refractivity contribution in [2.45, 2.75) is 19.0 Å². The minimum Gasteiger partial charge on any atom is -0.348 e. The monoisotopic (exact) mass is 272 g/mol. The maximum Gasteiger partial charge on any atom is 0.225 e. The first-order valence-electron chi connectivity index (χ1n) is 6.43. The Morgan fingerprint density at radius 2 is 2.21 bits per heavy atom. The lowest BCUT2D eigenvalue weighted by Crippen LogP contribution is -2.39. The van der Waals surface area contributed by atoms with Gasteiger partial charge in [0, 0.05) is 18.0 Å². The lowest BCUT2D eigenvalue weighted by atomic mass is 9.96. The molecule has 0 radical (unpaired) electrons. The molecule has 4 heteroatoms. The van der Waals surface area contributed by atoms with Gasteiger partial charge < -0.3 is 10.6 Å². The number of benzene rings is 1. The van der Waals surface area contributed by atoms with Crippen LogP contribution in [0.1, 0.15) is 22.0 Å². The predicted octanol–water partition coefficient (Wildman–Crippen LogP) is 2.25. The summed E-state index contributed by atoms with van der Waals surface area (Å²) in [6.07, 6.45) is 0.469. The lowest BCUT2D eigenvalue weighted by molar-refractivity contribution is -0.121. The van der Waals surface area contributed by atoms with Crippen molar-refractivity contribution in [1.82, 2.24) is 10.6 Å². The second-order valence-electron chi connectivity index (χ2n) is 4.71. The number of carbonyl (C=O) groups excluding carboxylic acids is 1. The molecule has 2 heterocycles. The third-order valence-corrected chi connectivity index (χ3v) is 4.22. The van der Waals surface area contributed by atoms with E-state index in [4.69, 9.17) is 0 Å². The predicted molar refractivity (Wildman–Crippen MR) is 77.1 cm³/mol. The SMILES string of the molecule is O=C(Cc1cccs1)NC1CNCc2ccccc21. The molecule has 0 saturated heterocycles. The van der Waals surface area contributed by atoms with E-state index in [0.717, 1.165) is 18.0 Å². The maximum absolute atomic E-state index is 12.1. The van der Waals surface area contributed by atoms with Crippen LogP contribution >= 0.6 is 11.3 Å². The number of carbonyl (C=O) groups is 1. The standard InChI is InChI=1S/C15H16N2OS/c18-15(8-12-5-3-7-19-12)17-14-10-16-9-11-4-1-2-6-13(11)14/h1-7,14,16H,8-10H2,(H,17,18). The van der Waals surface area contributed by atoms with Gasteiger partial charge in [-0.2, -0.15) is 0 Å². The lowest BCUT2D eigenvalue weighted by Gasteiger charge is -2.27. The van der Waals surface area contributed by atoms with Gasteiger partial charge in [0.25, 0.3) is 0 Å². The average Bonchev–Trinajstić information content (AvgIpc) is 2.92. The largest absolute Gasteiger partial charge is 0.348 e. The van der Waals surface area contributed by atoms with Crippen molar-refractivity contribution in [2.24, 2.45) is 0 Å². The minimum atomic E-state index is 0.0809. The highest BCUT2D eigenvalue weighted by Gasteiger charge is 2.20. The number of thiophene rings is 1. The van der Waals surface area contributed by atoms with Crippen molar-refractivity contribution in [2.75, 3.05) is 6.54 Å². The minimum absolute atomic E-state index is 0.0809. The molecule has 0 spiro atoms. The van der Waals surface area contributed by atoms with Crippen molar-refractivity contribution < 1.29 is 4.79 Å². The normalized spacial score (nSPS) is 17.8. The summed E-state index contributed by atoms with van der Waals surface area (Å²) in [5.41, 5.74) is 2.51. The third-order valence-electron chi connectivity index (χ3n) is 3.34. The van der Waals surface area contributed by atoms with Gasteiger partial charge in [0.05, 0.1) is 12.5 Å². The number of rotatable bonds is 3. The molecule has 0 saturated carbocycles. The molecule has 1 aliphatic heterocycles.